The number of nitrogens with zero attached hydrogens (tertiary/aromatic N) is 3. The Bertz CT molecular complexity index is 676. The minimum Gasteiger partial charge on any atom is -0.480 e. The summed E-state index contributed by atoms with van der Waals surface area (Å²) < 4.78 is 1.79. The van der Waals surface area contributed by atoms with Crippen LogP contribution >= 0.6 is 11.3 Å². The second-order valence-corrected chi connectivity index (χ2v) is 6.55. The van der Waals surface area contributed by atoms with Gasteiger partial charge < -0.3 is 5.11 Å². The lowest BCUT2D eigenvalue weighted by atomic mass is 9.96. The van der Waals surface area contributed by atoms with Crippen LogP contribution in [-0.4, -0.2) is 32.3 Å². The first kappa shape index (κ1) is 14.3. The topological polar surface area (TPSA) is 58.4 Å². The lowest BCUT2D eigenvalue weighted by molar-refractivity contribution is -0.145. The van der Waals surface area contributed by atoms with Gasteiger partial charge in [0.25, 0.3) is 0 Å². The molecule has 112 valence electrons. The van der Waals surface area contributed by atoms with Crippen molar-refractivity contribution in [2.45, 2.75) is 32.4 Å². The maximum atomic E-state index is 11.8. The molecule has 6 heteroatoms. The molecule has 0 radical (unpaired) electrons. The molecule has 0 spiro atoms. The molecule has 3 rings (SSSR count). The summed E-state index contributed by atoms with van der Waals surface area (Å²) in [5.41, 5.74) is 3.01. The third kappa shape index (κ3) is 2.38. The van der Waals surface area contributed by atoms with Gasteiger partial charge in [0.2, 0.25) is 0 Å². The number of carboxylic acid groups (broad SMARTS) is 1. The largest absolute Gasteiger partial charge is 0.480 e. The average Bonchev–Trinajstić information content (AvgIpc) is 3.02. The van der Waals surface area contributed by atoms with Crippen LogP contribution in [0.3, 0.4) is 0 Å². The van der Waals surface area contributed by atoms with E-state index in [9.17, 15) is 9.90 Å². The van der Waals surface area contributed by atoms with Gasteiger partial charge in [-0.2, -0.15) is 5.10 Å². The Morgan fingerprint density at radius 3 is 2.95 bits per heavy atom. The minimum absolute atomic E-state index is 0.0350. The van der Waals surface area contributed by atoms with Crippen molar-refractivity contribution in [3.05, 3.63) is 39.3 Å². The number of aromatic nitrogens is 2. The van der Waals surface area contributed by atoms with Crippen molar-refractivity contribution in [2.75, 3.05) is 6.54 Å². The van der Waals surface area contributed by atoms with Crippen LogP contribution in [0.4, 0.5) is 0 Å². The maximum Gasteiger partial charge on any atom is 0.325 e. The van der Waals surface area contributed by atoms with Gasteiger partial charge in [0.15, 0.2) is 0 Å². The zero-order chi connectivity index (χ0) is 15.1. The highest BCUT2D eigenvalue weighted by Gasteiger charge is 2.37. The SMILES string of the molecule is Cc1nn(C)cc1C(C)N1CCc2sccc2C1C(=O)O. The van der Waals surface area contributed by atoms with Crippen molar-refractivity contribution in [3.8, 4) is 0 Å². The number of hydrogen-bond donors (Lipinski definition) is 1. The van der Waals surface area contributed by atoms with Gasteiger partial charge in [-0.3, -0.25) is 14.4 Å². The second kappa shape index (κ2) is 5.27. The standard InChI is InChI=1S/C15H19N3O2S/c1-9-12(8-17(3)16-9)10(2)18-6-4-13-11(5-7-21-13)14(18)15(19)20/h5,7-8,10,14H,4,6H2,1-3H3,(H,19,20). The van der Waals surface area contributed by atoms with E-state index < -0.39 is 12.0 Å². The van der Waals surface area contributed by atoms with E-state index in [2.05, 4.69) is 16.9 Å². The fraction of sp³-hybridized carbons (Fsp3) is 0.467. The smallest absolute Gasteiger partial charge is 0.325 e. The summed E-state index contributed by atoms with van der Waals surface area (Å²) in [5.74, 6) is -0.775. The van der Waals surface area contributed by atoms with Gasteiger partial charge in [-0.05, 0) is 37.3 Å². The zero-order valence-corrected chi connectivity index (χ0v) is 13.2. The lowest BCUT2D eigenvalue weighted by Crippen LogP contribution is -2.40. The van der Waals surface area contributed by atoms with Crippen molar-refractivity contribution in [2.24, 2.45) is 7.05 Å². The first-order valence-electron chi connectivity index (χ1n) is 7.04. The molecule has 5 nitrogen and oxygen atoms in total. The Labute approximate surface area is 127 Å². The van der Waals surface area contributed by atoms with E-state index in [4.69, 9.17) is 0 Å². The third-order valence-corrected chi connectivity index (χ3v) is 5.23. The molecule has 2 aromatic rings. The van der Waals surface area contributed by atoms with E-state index >= 15 is 0 Å². The fourth-order valence-corrected chi connectivity index (χ4v) is 4.14. The highest BCUT2D eigenvalue weighted by Crippen LogP contribution is 2.38. The molecule has 0 saturated carbocycles. The summed E-state index contributed by atoms with van der Waals surface area (Å²) in [6.07, 6.45) is 2.91. The number of rotatable bonds is 3. The Morgan fingerprint density at radius 2 is 2.33 bits per heavy atom. The van der Waals surface area contributed by atoms with E-state index in [-0.39, 0.29) is 6.04 Å². The number of hydrogen-bond acceptors (Lipinski definition) is 4. The molecule has 0 amide bonds. The van der Waals surface area contributed by atoms with E-state index in [1.165, 1.54) is 4.88 Å². The predicted molar refractivity (Wildman–Crippen MR) is 81.5 cm³/mol. The van der Waals surface area contributed by atoms with Crippen molar-refractivity contribution < 1.29 is 9.90 Å². The maximum absolute atomic E-state index is 11.8. The van der Waals surface area contributed by atoms with Crippen molar-refractivity contribution >= 4 is 17.3 Å². The molecule has 2 unspecified atom stereocenters. The monoisotopic (exact) mass is 305 g/mol. The highest BCUT2D eigenvalue weighted by atomic mass is 32.1. The van der Waals surface area contributed by atoms with Gasteiger partial charge in [0.1, 0.15) is 6.04 Å². The number of carbonyl (C=O) groups is 1. The van der Waals surface area contributed by atoms with Crippen LogP contribution in [0.5, 0.6) is 0 Å². The van der Waals surface area contributed by atoms with E-state index in [1.807, 2.05) is 31.6 Å². The number of aliphatic carboxylic acids is 1. The van der Waals surface area contributed by atoms with Crippen LogP contribution in [0, 0.1) is 6.92 Å². The first-order valence-corrected chi connectivity index (χ1v) is 7.92. The number of thiophene rings is 1. The van der Waals surface area contributed by atoms with Gasteiger partial charge in [-0.1, -0.05) is 0 Å². The molecule has 1 aliphatic heterocycles. The van der Waals surface area contributed by atoms with Gasteiger partial charge >= 0.3 is 5.97 Å². The molecule has 3 heterocycles. The van der Waals surface area contributed by atoms with Gasteiger partial charge in [0, 0.05) is 36.3 Å². The molecule has 2 atom stereocenters. The van der Waals surface area contributed by atoms with E-state index in [0.717, 1.165) is 29.8 Å². The Balaban J connectivity index is 1.98. The molecule has 0 aliphatic carbocycles. The van der Waals surface area contributed by atoms with Crippen molar-refractivity contribution in [3.63, 3.8) is 0 Å². The predicted octanol–water partition coefficient (Wildman–Crippen LogP) is 2.54. The first-order chi connectivity index (χ1) is 9.99. The Morgan fingerprint density at radius 1 is 1.57 bits per heavy atom. The summed E-state index contributed by atoms with van der Waals surface area (Å²) in [4.78, 5) is 15.1. The molecule has 0 bridgehead atoms. The van der Waals surface area contributed by atoms with Crippen LogP contribution in [0.2, 0.25) is 0 Å². The molecular formula is C15H19N3O2S. The third-order valence-electron chi connectivity index (χ3n) is 4.24. The summed E-state index contributed by atoms with van der Waals surface area (Å²) in [7, 11) is 1.89. The quantitative estimate of drug-likeness (QED) is 0.946. The molecule has 21 heavy (non-hydrogen) atoms. The summed E-state index contributed by atoms with van der Waals surface area (Å²) in [6.45, 7) is 4.80. The Hall–Kier alpha value is -1.66. The zero-order valence-electron chi connectivity index (χ0n) is 12.4. The molecule has 1 aliphatic rings. The van der Waals surface area contributed by atoms with Crippen LogP contribution < -0.4 is 0 Å². The van der Waals surface area contributed by atoms with Gasteiger partial charge in [0.05, 0.1) is 5.69 Å². The molecule has 0 aromatic carbocycles. The van der Waals surface area contributed by atoms with E-state index in [1.54, 1.807) is 16.0 Å². The molecule has 1 N–H and O–H groups in total. The number of fused-ring (bicyclic) bond motifs is 1. The van der Waals surface area contributed by atoms with Crippen LogP contribution in [0.15, 0.2) is 17.6 Å². The lowest BCUT2D eigenvalue weighted by Gasteiger charge is -2.37. The average molecular weight is 305 g/mol. The van der Waals surface area contributed by atoms with Gasteiger partial charge in [-0.25, -0.2) is 0 Å². The highest BCUT2D eigenvalue weighted by molar-refractivity contribution is 7.10. The number of carboxylic acids is 1. The fourth-order valence-electron chi connectivity index (χ4n) is 3.23. The van der Waals surface area contributed by atoms with Crippen molar-refractivity contribution in [1.82, 2.24) is 14.7 Å². The van der Waals surface area contributed by atoms with Gasteiger partial charge in [-0.15, -0.1) is 11.3 Å². The van der Waals surface area contributed by atoms with Crippen molar-refractivity contribution in [1.29, 1.82) is 0 Å². The minimum atomic E-state index is -0.775. The van der Waals surface area contributed by atoms with Crippen LogP contribution in [0.25, 0.3) is 0 Å². The van der Waals surface area contributed by atoms with Crippen LogP contribution in [-0.2, 0) is 18.3 Å². The Kier molecular flexibility index (Phi) is 3.59. The summed E-state index contributed by atoms with van der Waals surface area (Å²) in [5, 5.41) is 16.1. The normalized spacial score (nSPS) is 20.2. The summed E-state index contributed by atoms with van der Waals surface area (Å²) in [6, 6.07) is 1.43. The molecule has 0 fully saturated rings. The summed E-state index contributed by atoms with van der Waals surface area (Å²) >= 11 is 1.66. The van der Waals surface area contributed by atoms with Crippen LogP contribution in [0.1, 0.15) is 40.7 Å². The molecule has 2 aromatic heterocycles. The molecular weight excluding hydrogens is 286 g/mol. The van der Waals surface area contributed by atoms with E-state index in [0.29, 0.717) is 0 Å². The molecule has 0 saturated heterocycles. The number of aryl methyl sites for hydroxylation is 2. The second-order valence-electron chi connectivity index (χ2n) is 5.55.